The van der Waals surface area contributed by atoms with Crippen molar-refractivity contribution >= 4 is 34.6 Å². The number of nitrogens with zero attached hydrogens (tertiary/aromatic N) is 4. The van der Waals surface area contributed by atoms with E-state index in [0.29, 0.717) is 25.3 Å². The Morgan fingerprint density at radius 2 is 1.71 bits per heavy atom. The first-order valence-electron chi connectivity index (χ1n) is 12.4. The van der Waals surface area contributed by atoms with E-state index < -0.39 is 11.0 Å². The summed E-state index contributed by atoms with van der Waals surface area (Å²) in [5.41, 5.74) is 1.12. The number of nitro benzene ring substituents is 1. The molecule has 0 saturated carbocycles. The molecule has 1 saturated heterocycles. The van der Waals surface area contributed by atoms with Crippen LogP contribution in [0.3, 0.4) is 0 Å². The zero-order chi connectivity index (χ0) is 26.9. The predicted octanol–water partition coefficient (Wildman–Crippen LogP) is 4.95. The van der Waals surface area contributed by atoms with Gasteiger partial charge < -0.3 is 20.0 Å². The summed E-state index contributed by atoms with van der Waals surface area (Å²) in [6.45, 7) is 3.43. The van der Waals surface area contributed by atoms with Crippen LogP contribution in [0, 0.1) is 15.9 Å². The number of urea groups is 1. The number of carbonyl (C=O) groups is 2. The Morgan fingerprint density at radius 1 is 1.00 bits per heavy atom. The number of amides is 3. The summed E-state index contributed by atoms with van der Waals surface area (Å²) in [5.74, 6) is -0.580. The van der Waals surface area contributed by atoms with E-state index in [9.17, 15) is 24.1 Å². The van der Waals surface area contributed by atoms with Crippen LogP contribution < -0.4 is 5.32 Å². The van der Waals surface area contributed by atoms with Gasteiger partial charge in [-0.05, 0) is 67.2 Å². The van der Waals surface area contributed by atoms with Gasteiger partial charge in [0.25, 0.3) is 5.69 Å². The highest BCUT2D eigenvalue weighted by Gasteiger charge is 2.24. The van der Waals surface area contributed by atoms with Crippen molar-refractivity contribution in [2.75, 3.05) is 38.0 Å². The minimum Gasteiger partial charge on any atom is -0.332 e. The highest BCUT2D eigenvalue weighted by Crippen LogP contribution is 2.18. The van der Waals surface area contributed by atoms with Gasteiger partial charge in [0.1, 0.15) is 12.4 Å². The van der Waals surface area contributed by atoms with Gasteiger partial charge in [-0.1, -0.05) is 18.2 Å². The smallest absolute Gasteiger partial charge is 0.322 e. The number of hydrogen-bond donors (Lipinski definition) is 1. The molecule has 1 aliphatic heterocycles. The first kappa shape index (κ1) is 27.2. The fourth-order valence-corrected chi connectivity index (χ4v) is 5.01. The molecule has 0 atom stereocenters. The van der Waals surface area contributed by atoms with Gasteiger partial charge in [0.15, 0.2) is 0 Å². The topological polar surface area (TPSA) is 99.0 Å². The molecule has 9 nitrogen and oxygen atoms in total. The monoisotopic (exact) mass is 539 g/mol. The Labute approximate surface area is 224 Å². The Hall–Kier alpha value is -3.83. The van der Waals surface area contributed by atoms with Crippen LogP contribution in [0.4, 0.5) is 20.6 Å². The molecule has 0 aliphatic carbocycles. The van der Waals surface area contributed by atoms with Crippen molar-refractivity contribution in [3.63, 3.8) is 0 Å². The quantitative estimate of drug-likeness (QED) is 0.275. The van der Waals surface area contributed by atoms with Gasteiger partial charge in [-0.2, -0.15) is 0 Å². The van der Waals surface area contributed by atoms with Crippen LogP contribution in [-0.4, -0.2) is 64.3 Å². The maximum Gasteiger partial charge on any atom is 0.322 e. The summed E-state index contributed by atoms with van der Waals surface area (Å²) in [6.07, 6.45) is 2.22. The van der Waals surface area contributed by atoms with E-state index in [2.05, 4.69) is 10.2 Å². The molecule has 0 radical (unpaired) electrons. The molecule has 11 heteroatoms. The number of thiophene rings is 1. The standard InChI is InChI=1S/C27H30FN5O4S/c28-22-7-5-21(6-8-22)18-32(19-25-4-3-17-38-25)26(34)20-31(16-15-30-13-1-2-14-30)27(35)29-23-9-11-24(12-10-23)33(36)37/h3-12,17H,1-2,13-16,18-20H2,(H,29,35). The van der Waals surface area contributed by atoms with Crippen molar-refractivity contribution < 1.29 is 18.9 Å². The number of rotatable bonds is 11. The Bertz CT molecular complexity index is 1220. The van der Waals surface area contributed by atoms with Crippen molar-refractivity contribution in [3.05, 3.63) is 92.4 Å². The van der Waals surface area contributed by atoms with Crippen LogP contribution in [0.1, 0.15) is 23.3 Å². The molecule has 1 fully saturated rings. The van der Waals surface area contributed by atoms with Crippen molar-refractivity contribution in [2.24, 2.45) is 0 Å². The number of carbonyl (C=O) groups excluding carboxylic acids is 2. The lowest BCUT2D eigenvalue weighted by molar-refractivity contribution is -0.384. The molecule has 2 aromatic carbocycles. The van der Waals surface area contributed by atoms with Gasteiger partial charge in [-0.25, -0.2) is 9.18 Å². The summed E-state index contributed by atoms with van der Waals surface area (Å²) in [7, 11) is 0. The molecule has 2 heterocycles. The average Bonchev–Trinajstić information content (AvgIpc) is 3.62. The van der Waals surface area contributed by atoms with E-state index in [1.54, 1.807) is 17.0 Å². The van der Waals surface area contributed by atoms with Crippen molar-refractivity contribution in [1.29, 1.82) is 0 Å². The number of halogens is 1. The molecule has 0 spiro atoms. The fraction of sp³-hybridized carbons (Fsp3) is 0.333. The largest absolute Gasteiger partial charge is 0.332 e. The van der Waals surface area contributed by atoms with Crippen LogP contribution in [0.25, 0.3) is 0 Å². The molecule has 3 amide bonds. The fourth-order valence-electron chi connectivity index (χ4n) is 4.29. The Balaban J connectivity index is 1.48. The summed E-state index contributed by atoms with van der Waals surface area (Å²) in [4.78, 5) is 43.7. The molecular weight excluding hydrogens is 509 g/mol. The number of anilines is 1. The van der Waals surface area contributed by atoms with Crippen LogP contribution in [0.5, 0.6) is 0 Å². The van der Waals surface area contributed by atoms with Gasteiger partial charge >= 0.3 is 6.03 Å². The van der Waals surface area contributed by atoms with E-state index in [0.717, 1.165) is 36.4 Å². The van der Waals surface area contributed by atoms with E-state index in [1.165, 1.54) is 52.6 Å². The lowest BCUT2D eigenvalue weighted by atomic mass is 10.2. The molecule has 1 aliphatic rings. The molecule has 0 bridgehead atoms. The molecule has 38 heavy (non-hydrogen) atoms. The second-order valence-electron chi connectivity index (χ2n) is 9.16. The SMILES string of the molecule is O=C(CN(CCN1CCCC1)C(=O)Nc1ccc([N+](=O)[O-])cc1)N(Cc1ccc(F)cc1)Cc1cccs1. The lowest BCUT2D eigenvalue weighted by Crippen LogP contribution is -2.46. The lowest BCUT2D eigenvalue weighted by Gasteiger charge is -2.29. The number of likely N-dealkylation sites (tertiary alicyclic amines) is 1. The molecule has 1 N–H and O–H groups in total. The van der Waals surface area contributed by atoms with Crippen molar-refractivity contribution in [3.8, 4) is 0 Å². The van der Waals surface area contributed by atoms with Crippen LogP contribution in [0.2, 0.25) is 0 Å². The molecular formula is C27H30FN5O4S. The second kappa shape index (κ2) is 13.1. The molecule has 0 unspecified atom stereocenters. The van der Waals surface area contributed by atoms with Gasteiger partial charge in [-0.15, -0.1) is 11.3 Å². The summed E-state index contributed by atoms with van der Waals surface area (Å²) in [5, 5.41) is 15.7. The summed E-state index contributed by atoms with van der Waals surface area (Å²) >= 11 is 1.54. The predicted molar refractivity (Wildman–Crippen MR) is 144 cm³/mol. The maximum absolute atomic E-state index is 13.6. The Kier molecular flexibility index (Phi) is 9.39. The zero-order valence-corrected chi connectivity index (χ0v) is 21.7. The normalized spacial score (nSPS) is 13.3. The highest BCUT2D eigenvalue weighted by molar-refractivity contribution is 7.09. The third-order valence-electron chi connectivity index (χ3n) is 6.39. The van der Waals surface area contributed by atoms with E-state index >= 15 is 0 Å². The van der Waals surface area contributed by atoms with E-state index in [1.807, 2.05) is 17.5 Å². The number of hydrogen-bond acceptors (Lipinski definition) is 6. The highest BCUT2D eigenvalue weighted by atomic mass is 32.1. The third-order valence-corrected chi connectivity index (χ3v) is 7.25. The third kappa shape index (κ3) is 7.83. The number of nitro groups is 1. The minimum absolute atomic E-state index is 0.0749. The van der Waals surface area contributed by atoms with Gasteiger partial charge in [0.05, 0.1) is 11.5 Å². The molecule has 1 aromatic heterocycles. The van der Waals surface area contributed by atoms with E-state index in [-0.39, 0.29) is 30.5 Å². The summed E-state index contributed by atoms with van der Waals surface area (Å²) in [6, 6.07) is 15.0. The van der Waals surface area contributed by atoms with Gasteiger partial charge in [-0.3, -0.25) is 14.9 Å². The summed E-state index contributed by atoms with van der Waals surface area (Å²) < 4.78 is 13.4. The second-order valence-corrected chi connectivity index (χ2v) is 10.2. The molecule has 4 rings (SSSR count). The van der Waals surface area contributed by atoms with Crippen molar-refractivity contribution in [2.45, 2.75) is 25.9 Å². The number of nitrogens with one attached hydrogen (secondary N) is 1. The zero-order valence-electron chi connectivity index (χ0n) is 20.9. The van der Waals surface area contributed by atoms with Crippen LogP contribution >= 0.6 is 11.3 Å². The first-order valence-corrected chi connectivity index (χ1v) is 13.3. The number of non-ortho nitro benzene ring substituents is 1. The molecule has 3 aromatic rings. The Morgan fingerprint density at radius 3 is 2.34 bits per heavy atom. The van der Waals surface area contributed by atoms with Gasteiger partial charge in [0.2, 0.25) is 5.91 Å². The molecule has 200 valence electrons. The first-order chi connectivity index (χ1) is 18.4. The minimum atomic E-state index is -0.504. The average molecular weight is 540 g/mol. The van der Waals surface area contributed by atoms with Gasteiger partial charge in [0, 0.05) is 42.3 Å². The van der Waals surface area contributed by atoms with E-state index in [4.69, 9.17) is 0 Å². The number of benzene rings is 2. The maximum atomic E-state index is 13.6. The van der Waals surface area contributed by atoms with Crippen molar-refractivity contribution in [1.82, 2.24) is 14.7 Å². The van der Waals surface area contributed by atoms with Crippen LogP contribution in [-0.2, 0) is 17.9 Å². The van der Waals surface area contributed by atoms with Crippen LogP contribution in [0.15, 0.2) is 66.0 Å².